The lowest BCUT2D eigenvalue weighted by Crippen LogP contribution is -2.33. The van der Waals surface area contributed by atoms with E-state index in [9.17, 15) is 9.59 Å². The second-order valence-corrected chi connectivity index (χ2v) is 7.27. The lowest BCUT2D eigenvalue weighted by Gasteiger charge is -2.29. The molecule has 0 unspecified atom stereocenters. The molecule has 0 radical (unpaired) electrons. The first-order valence-corrected chi connectivity index (χ1v) is 9.19. The zero-order valence-electron chi connectivity index (χ0n) is 13.2. The minimum atomic E-state index is -0.402. The molecule has 0 aliphatic carbocycles. The van der Waals surface area contributed by atoms with Gasteiger partial charge in [0.1, 0.15) is 0 Å². The number of allylic oxidation sites excluding steroid dienone is 4. The van der Waals surface area contributed by atoms with Gasteiger partial charge in [-0.1, -0.05) is 6.08 Å². The molecule has 24 heavy (non-hydrogen) atoms. The van der Waals surface area contributed by atoms with Crippen molar-refractivity contribution < 1.29 is 9.59 Å². The number of nitrogens with zero attached hydrogens (tertiary/aromatic N) is 2. The molecule has 2 rings (SSSR count). The number of carbonyl (C=O) groups is 2. The van der Waals surface area contributed by atoms with E-state index in [2.05, 4.69) is 41.7 Å². The van der Waals surface area contributed by atoms with Gasteiger partial charge in [0.05, 0.1) is 4.61 Å². The second-order valence-electron chi connectivity index (χ2n) is 5.67. The van der Waals surface area contributed by atoms with Gasteiger partial charge in [0, 0.05) is 41.8 Å². The quantitative estimate of drug-likeness (QED) is 0.447. The van der Waals surface area contributed by atoms with Gasteiger partial charge in [-0.25, -0.2) is 0 Å². The fourth-order valence-electron chi connectivity index (χ4n) is 2.55. The number of unbranched alkanes of at least 4 members (excludes halogenated alkanes) is 1. The van der Waals surface area contributed by atoms with Crippen molar-refractivity contribution in [3.8, 4) is 0 Å². The molecule has 0 aromatic heterocycles. The third kappa shape index (κ3) is 4.98. The molecule has 0 aromatic carbocycles. The summed E-state index contributed by atoms with van der Waals surface area (Å²) in [5.41, 5.74) is 11.9. The van der Waals surface area contributed by atoms with Crippen LogP contribution < -0.4 is 11.5 Å². The summed E-state index contributed by atoms with van der Waals surface area (Å²) in [6.07, 6.45) is 9.22. The van der Waals surface area contributed by atoms with Gasteiger partial charge in [-0.15, -0.1) is 0 Å². The third-order valence-electron chi connectivity index (χ3n) is 3.86. The lowest BCUT2D eigenvalue weighted by atomic mass is 10.1. The molecular weight excluding hydrogens is 440 g/mol. The smallest absolute Gasteiger partial charge is 0.246 e. The van der Waals surface area contributed by atoms with Crippen LogP contribution >= 0.6 is 31.9 Å². The van der Waals surface area contributed by atoms with Crippen LogP contribution in [0.5, 0.6) is 0 Å². The monoisotopic (exact) mass is 458 g/mol. The fraction of sp³-hybridized carbons (Fsp3) is 0.375. The fourth-order valence-corrected chi connectivity index (χ4v) is 3.49. The molecule has 130 valence electrons. The first kappa shape index (κ1) is 18.8. The summed E-state index contributed by atoms with van der Waals surface area (Å²) in [6, 6.07) is 0. The van der Waals surface area contributed by atoms with Crippen LogP contribution in [0.2, 0.25) is 0 Å². The molecule has 4 N–H and O–H groups in total. The molecule has 0 aromatic rings. The molecule has 0 saturated heterocycles. The van der Waals surface area contributed by atoms with Crippen LogP contribution in [-0.4, -0.2) is 47.8 Å². The highest BCUT2D eigenvalue weighted by Crippen LogP contribution is 2.29. The van der Waals surface area contributed by atoms with Gasteiger partial charge in [-0.05, 0) is 63.1 Å². The van der Waals surface area contributed by atoms with E-state index < -0.39 is 5.91 Å². The van der Waals surface area contributed by atoms with Crippen molar-refractivity contribution >= 4 is 43.7 Å². The average Bonchev–Trinajstić information content (AvgIpc) is 2.55. The SMILES string of the molecule is NC(=O)C1=CC=CN(CCCCN2CC(C(N)=O)=CC(Br)=C2Br)C1. The van der Waals surface area contributed by atoms with E-state index in [0.29, 0.717) is 24.2 Å². The summed E-state index contributed by atoms with van der Waals surface area (Å²) < 4.78 is 1.74. The maximum atomic E-state index is 11.4. The molecule has 0 saturated carbocycles. The predicted molar refractivity (Wildman–Crippen MR) is 101 cm³/mol. The van der Waals surface area contributed by atoms with E-state index in [1.165, 1.54) is 0 Å². The summed E-state index contributed by atoms with van der Waals surface area (Å²) in [4.78, 5) is 26.8. The van der Waals surface area contributed by atoms with Gasteiger partial charge in [0.2, 0.25) is 11.8 Å². The molecule has 2 heterocycles. The zero-order valence-corrected chi connectivity index (χ0v) is 16.3. The highest BCUT2D eigenvalue weighted by atomic mass is 79.9. The number of nitrogens with two attached hydrogens (primary N) is 2. The first-order chi connectivity index (χ1) is 11.4. The zero-order chi connectivity index (χ0) is 17.7. The molecule has 0 fully saturated rings. The molecule has 2 aliphatic heterocycles. The van der Waals surface area contributed by atoms with E-state index in [0.717, 1.165) is 35.0 Å². The second kappa shape index (κ2) is 8.53. The van der Waals surface area contributed by atoms with E-state index in [-0.39, 0.29) is 5.91 Å². The van der Waals surface area contributed by atoms with Crippen molar-refractivity contribution in [1.29, 1.82) is 0 Å². The number of hydrogen-bond acceptors (Lipinski definition) is 4. The van der Waals surface area contributed by atoms with Crippen molar-refractivity contribution in [3.63, 3.8) is 0 Å². The van der Waals surface area contributed by atoms with Crippen molar-refractivity contribution in [2.45, 2.75) is 12.8 Å². The Morgan fingerprint density at radius 1 is 1.04 bits per heavy atom. The summed E-state index contributed by atoms with van der Waals surface area (Å²) in [6.45, 7) is 2.70. The lowest BCUT2D eigenvalue weighted by molar-refractivity contribution is -0.115. The molecule has 0 bridgehead atoms. The van der Waals surface area contributed by atoms with E-state index in [1.807, 2.05) is 12.3 Å². The van der Waals surface area contributed by atoms with Gasteiger partial charge < -0.3 is 21.3 Å². The standard InChI is InChI=1S/C16H20Br2N4O2/c17-13-8-12(16(20)24)10-22(14(13)18)7-2-1-5-21-6-3-4-11(9-21)15(19)23/h3-4,6,8H,1-2,5,7,9-10H2,(H2,19,23)(H2,20,24). The van der Waals surface area contributed by atoms with E-state index in [1.54, 1.807) is 12.2 Å². The Morgan fingerprint density at radius 3 is 2.38 bits per heavy atom. The highest BCUT2D eigenvalue weighted by Gasteiger charge is 2.20. The molecule has 0 spiro atoms. The topological polar surface area (TPSA) is 92.7 Å². The van der Waals surface area contributed by atoms with Crippen LogP contribution in [0.1, 0.15) is 12.8 Å². The minimum absolute atomic E-state index is 0.373. The Balaban J connectivity index is 1.78. The van der Waals surface area contributed by atoms with Crippen LogP contribution in [-0.2, 0) is 9.59 Å². The maximum absolute atomic E-state index is 11.4. The van der Waals surface area contributed by atoms with Gasteiger partial charge >= 0.3 is 0 Å². The van der Waals surface area contributed by atoms with Gasteiger partial charge in [-0.2, -0.15) is 0 Å². The van der Waals surface area contributed by atoms with Gasteiger partial charge in [0.15, 0.2) is 0 Å². The largest absolute Gasteiger partial charge is 0.373 e. The molecule has 8 heteroatoms. The molecule has 6 nitrogen and oxygen atoms in total. The Kier molecular flexibility index (Phi) is 6.68. The Labute approximate surface area is 158 Å². The van der Waals surface area contributed by atoms with Crippen LogP contribution in [0.15, 0.2) is 44.7 Å². The summed E-state index contributed by atoms with van der Waals surface area (Å²) in [5, 5.41) is 0. The summed E-state index contributed by atoms with van der Waals surface area (Å²) >= 11 is 6.96. The van der Waals surface area contributed by atoms with Crippen LogP contribution in [0.3, 0.4) is 0 Å². The van der Waals surface area contributed by atoms with Crippen LogP contribution in [0, 0.1) is 0 Å². The number of carbonyl (C=O) groups excluding carboxylic acids is 2. The minimum Gasteiger partial charge on any atom is -0.373 e. The molecule has 2 amide bonds. The highest BCUT2D eigenvalue weighted by molar-refractivity contribution is 9.14. The van der Waals surface area contributed by atoms with Crippen molar-refractivity contribution in [1.82, 2.24) is 9.80 Å². The van der Waals surface area contributed by atoms with Gasteiger partial charge in [-0.3, -0.25) is 9.59 Å². The van der Waals surface area contributed by atoms with Crippen molar-refractivity contribution in [2.24, 2.45) is 11.5 Å². The Hall–Kier alpha value is -1.54. The van der Waals surface area contributed by atoms with Crippen molar-refractivity contribution in [2.75, 3.05) is 26.2 Å². The number of halogens is 2. The first-order valence-electron chi connectivity index (χ1n) is 7.60. The normalized spacial score (nSPS) is 17.8. The number of hydrogen-bond donors (Lipinski definition) is 2. The summed E-state index contributed by atoms with van der Waals surface area (Å²) in [5.74, 6) is -0.775. The predicted octanol–water partition coefficient (Wildman–Crippen LogP) is 1.69. The number of primary amides is 2. The summed E-state index contributed by atoms with van der Waals surface area (Å²) in [7, 11) is 0. The van der Waals surface area contributed by atoms with Crippen molar-refractivity contribution in [3.05, 3.63) is 44.7 Å². The Morgan fingerprint density at radius 2 is 1.71 bits per heavy atom. The molecular formula is C16H20Br2N4O2. The van der Waals surface area contributed by atoms with E-state index >= 15 is 0 Å². The van der Waals surface area contributed by atoms with Gasteiger partial charge in [0.25, 0.3) is 0 Å². The average molecular weight is 460 g/mol. The molecule has 0 atom stereocenters. The third-order valence-corrected chi connectivity index (χ3v) is 5.93. The number of rotatable bonds is 7. The number of amides is 2. The van der Waals surface area contributed by atoms with Crippen LogP contribution in [0.4, 0.5) is 0 Å². The maximum Gasteiger partial charge on any atom is 0.246 e. The molecule has 2 aliphatic rings. The Bertz CT molecular complexity index is 652. The van der Waals surface area contributed by atoms with E-state index in [4.69, 9.17) is 11.5 Å². The van der Waals surface area contributed by atoms with Crippen LogP contribution in [0.25, 0.3) is 0 Å².